The van der Waals surface area contributed by atoms with Crippen molar-refractivity contribution in [1.82, 2.24) is 5.32 Å². The molecule has 1 N–H and O–H groups in total. The number of hydrogen-bond donors (Lipinski definition) is 1. The Bertz CT molecular complexity index is 330. The van der Waals surface area contributed by atoms with Crippen molar-refractivity contribution in [3.63, 3.8) is 0 Å². The molecule has 3 heteroatoms. The van der Waals surface area contributed by atoms with Crippen LogP contribution in [0.4, 0.5) is 0 Å². The average Bonchev–Trinajstić information content (AvgIpc) is 2.31. The maximum Gasteiger partial charge on any atom is 0.0491 e. The quantitative estimate of drug-likeness (QED) is 0.809. The Labute approximate surface area is 109 Å². The SMILES string of the molecule is CNCC(Cc1ccccc1Cl)C(C)COC. The van der Waals surface area contributed by atoms with Gasteiger partial charge in [-0.25, -0.2) is 0 Å². The lowest BCUT2D eigenvalue weighted by Crippen LogP contribution is -2.28. The fourth-order valence-electron chi connectivity index (χ4n) is 2.08. The molecule has 2 atom stereocenters. The first-order valence-corrected chi connectivity index (χ1v) is 6.43. The summed E-state index contributed by atoms with van der Waals surface area (Å²) in [4.78, 5) is 0. The summed E-state index contributed by atoms with van der Waals surface area (Å²) in [6.45, 7) is 3.99. The van der Waals surface area contributed by atoms with E-state index in [1.54, 1.807) is 7.11 Å². The molecule has 2 nitrogen and oxygen atoms in total. The molecule has 0 aliphatic carbocycles. The minimum absolute atomic E-state index is 0.517. The molecule has 0 spiro atoms. The highest BCUT2D eigenvalue weighted by molar-refractivity contribution is 6.31. The highest BCUT2D eigenvalue weighted by atomic mass is 35.5. The molecule has 2 unspecified atom stereocenters. The average molecular weight is 256 g/mol. The lowest BCUT2D eigenvalue weighted by molar-refractivity contribution is 0.129. The van der Waals surface area contributed by atoms with Gasteiger partial charge in [0.2, 0.25) is 0 Å². The Morgan fingerprint density at radius 2 is 2.06 bits per heavy atom. The lowest BCUT2D eigenvalue weighted by atomic mass is 9.88. The van der Waals surface area contributed by atoms with E-state index >= 15 is 0 Å². The predicted molar refractivity (Wildman–Crippen MR) is 73.6 cm³/mol. The van der Waals surface area contributed by atoms with Gasteiger partial charge >= 0.3 is 0 Å². The molecule has 0 radical (unpaired) electrons. The standard InChI is InChI=1S/C14H22ClNO/c1-11(10-17-3)13(9-16-2)8-12-6-4-5-7-14(12)15/h4-7,11,13,16H,8-10H2,1-3H3. The molecular formula is C14H22ClNO. The molecule has 0 fully saturated rings. The normalized spacial score (nSPS) is 14.6. The zero-order chi connectivity index (χ0) is 12.7. The molecule has 1 aromatic carbocycles. The van der Waals surface area contributed by atoms with Crippen LogP contribution < -0.4 is 5.32 Å². The van der Waals surface area contributed by atoms with Crippen molar-refractivity contribution in [2.24, 2.45) is 11.8 Å². The van der Waals surface area contributed by atoms with Crippen LogP contribution in [0, 0.1) is 11.8 Å². The minimum atomic E-state index is 0.517. The number of ether oxygens (including phenoxy) is 1. The molecule has 0 aliphatic rings. The summed E-state index contributed by atoms with van der Waals surface area (Å²) in [7, 11) is 3.74. The first-order chi connectivity index (χ1) is 8.19. The molecule has 0 aliphatic heterocycles. The molecule has 0 bridgehead atoms. The third-order valence-corrected chi connectivity index (χ3v) is 3.51. The molecular weight excluding hydrogens is 234 g/mol. The second-order valence-electron chi connectivity index (χ2n) is 4.55. The summed E-state index contributed by atoms with van der Waals surface area (Å²) in [5.41, 5.74) is 1.22. The zero-order valence-corrected chi connectivity index (χ0v) is 11.6. The highest BCUT2D eigenvalue weighted by Crippen LogP contribution is 2.22. The number of hydrogen-bond acceptors (Lipinski definition) is 2. The van der Waals surface area contributed by atoms with Crippen molar-refractivity contribution in [2.45, 2.75) is 13.3 Å². The smallest absolute Gasteiger partial charge is 0.0491 e. The van der Waals surface area contributed by atoms with Crippen LogP contribution in [0.5, 0.6) is 0 Å². The van der Waals surface area contributed by atoms with E-state index in [0.717, 1.165) is 24.6 Å². The Hall–Kier alpha value is -0.570. The van der Waals surface area contributed by atoms with Crippen molar-refractivity contribution in [1.29, 1.82) is 0 Å². The molecule has 0 aromatic heterocycles. The van der Waals surface area contributed by atoms with Crippen molar-refractivity contribution < 1.29 is 4.74 Å². The Balaban J connectivity index is 2.69. The van der Waals surface area contributed by atoms with Gasteiger partial charge < -0.3 is 10.1 Å². The number of nitrogens with one attached hydrogen (secondary N) is 1. The van der Waals surface area contributed by atoms with Gasteiger partial charge in [0.1, 0.15) is 0 Å². The molecule has 96 valence electrons. The zero-order valence-electron chi connectivity index (χ0n) is 10.9. The van der Waals surface area contributed by atoms with Crippen LogP contribution in [0.2, 0.25) is 5.02 Å². The molecule has 0 saturated carbocycles. The minimum Gasteiger partial charge on any atom is -0.384 e. The van der Waals surface area contributed by atoms with Gasteiger partial charge in [-0.3, -0.25) is 0 Å². The molecule has 0 amide bonds. The summed E-state index contributed by atoms with van der Waals surface area (Å²) in [5, 5.41) is 4.11. The van der Waals surface area contributed by atoms with Gasteiger partial charge in [-0.05, 0) is 43.5 Å². The van der Waals surface area contributed by atoms with Gasteiger partial charge in [-0.1, -0.05) is 36.7 Å². The second-order valence-corrected chi connectivity index (χ2v) is 4.95. The molecule has 0 heterocycles. The van der Waals surface area contributed by atoms with E-state index in [-0.39, 0.29) is 0 Å². The molecule has 1 aromatic rings. The van der Waals surface area contributed by atoms with E-state index in [9.17, 15) is 0 Å². The summed E-state index contributed by atoms with van der Waals surface area (Å²) in [5.74, 6) is 1.06. The van der Waals surface area contributed by atoms with E-state index in [0.29, 0.717) is 11.8 Å². The molecule has 0 saturated heterocycles. The largest absolute Gasteiger partial charge is 0.384 e. The summed E-state index contributed by atoms with van der Waals surface area (Å²) >= 11 is 6.20. The van der Waals surface area contributed by atoms with E-state index in [4.69, 9.17) is 16.3 Å². The Morgan fingerprint density at radius 3 is 2.65 bits per heavy atom. The first kappa shape index (κ1) is 14.5. The van der Waals surface area contributed by atoms with Crippen LogP contribution in [0.1, 0.15) is 12.5 Å². The first-order valence-electron chi connectivity index (χ1n) is 6.06. The fraction of sp³-hybridized carbons (Fsp3) is 0.571. The predicted octanol–water partition coefficient (Wildman–Crippen LogP) is 3.00. The summed E-state index contributed by atoms with van der Waals surface area (Å²) in [6, 6.07) is 8.06. The number of halogens is 1. The maximum atomic E-state index is 6.20. The Morgan fingerprint density at radius 1 is 1.35 bits per heavy atom. The maximum absolute atomic E-state index is 6.20. The Kier molecular flexibility index (Phi) is 6.56. The number of rotatable bonds is 7. The van der Waals surface area contributed by atoms with Crippen LogP contribution in [0.15, 0.2) is 24.3 Å². The van der Waals surface area contributed by atoms with Crippen LogP contribution in [-0.4, -0.2) is 27.3 Å². The van der Waals surface area contributed by atoms with Gasteiger partial charge in [-0.15, -0.1) is 0 Å². The molecule has 17 heavy (non-hydrogen) atoms. The van der Waals surface area contributed by atoms with E-state index < -0.39 is 0 Å². The third-order valence-electron chi connectivity index (χ3n) is 3.14. The van der Waals surface area contributed by atoms with Crippen molar-refractivity contribution in [2.75, 3.05) is 27.3 Å². The van der Waals surface area contributed by atoms with Crippen molar-refractivity contribution >= 4 is 11.6 Å². The molecule has 1 rings (SSSR count). The van der Waals surface area contributed by atoms with E-state index in [2.05, 4.69) is 18.3 Å². The number of methoxy groups -OCH3 is 1. The van der Waals surface area contributed by atoms with Gasteiger partial charge in [0.15, 0.2) is 0 Å². The summed E-state index contributed by atoms with van der Waals surface area (Å²) in [6.07, 6.45) is 0.991. The third kappa shape index (κ3) is 4.66. The van der Waals surface area contributed by atoms with Crippen LogP contribution in [-0.2, 0) is 11.2 Å². The lowest BCUT2D eigenvalue weighted by Gasteiger charge is -2.23. The van der Waals surface area contributed by atoms with Crippen molar-refractivity contribution in [3.05, 3.63) is 34.9 Å². The topological polar surface area (TPSA) is 21.3 Å². The second kappa shape index (κ2) is 7.70. The van der Waals surface area contributed by atoms with Gasteiger partial charge in [0.05, 0.1) is 0 Å². The van der Waals surface area contributed by atoms with Crippen molar-refractivity contribution in [3.8, 4) is 0 Å². The summed E-state index contributed by atoms with van der Waals surface area (Å²) < 4.78 is 5.24. The fourth-order valence-corrected chi connectivity index (χ4v) is 2.29. The van der Waals surface area contributed by atoms with Crippen LogP contribution >= 0.6 is 11.6 Å². The number of benzene rings is 1. The monoisotopic (exact) mass is 255 g/mol. The van der Waals surface area contributed by atoms with Crippen LogP contribution in [0.25, 0.3) is 0 Å². The highest BCUT2D eigenvalue weighted by Gasteiger charge is 2.18. The van der Waals surface area contributed by atoms with E-state index in [1.165, 1.54) is 5.56 Å². The van der Waals surface area contributed by atoms with Gasteiger partial charge in [0, 0.05) is 18.7 Å². The van der Waals surface area contributed by atoms with Gasteiger partial charge in [0.25, 0.3) is 0 Å². The van der Waals surface area contributed by atoms with Crippen LogP contribution in [0.3, 0.4) is 0 Å². The van der Waals surface area contributed by atoms with E-state index in [1.807, 2.05) is 25.2 Å². The van der Waals surface area contributed by atoms with Gasteiger partial charge in [-0.2, -0.15) is 0 Å².